The van der Waals surface area contributed by atoms with Crippen LogP contribution >= 0.6 is 11.3 Å². The number of anilines is 1. The van der Waals surface area contributed by atoms with Crippen LogP contribution in [0, 0.1) is 17.6 Å². The second-order valence-electron chi connectivity index (χ2n) is 7.97. The minimum atomic E-state index is -2.68. The minimum Gasteiger partial charge on any atom is -0.403 e. The Bertz CT molecular complexity index is 1070. The normalized spacial score (nSPS) is 17.7. The molecule has 2 aromatic rings. The van der Waals surface area contributed by atoms with Gasteiger partial charge in [-0.1, -0.05) is 30.7 Å². The molecular weight excluding hydrogens is 472 g/mol. The molecule has 1 aromatic heterocycles. The highest BCUT2D eigenvalue weighted by Gasteiger charge is 2.26. The van der Waals surface area contributed by atoms with Crippen molar-refractivity contribution in [3.63, 3.8) is 0 Å². The first-order valence-corrected chi connectivity index (χ1v) is 11.5. The lowest BCUT2D eigenvalue weighted by molar-refractivity contribution is 0.0964. The first-order chi connectivity index (χ1) is 16.2. The van der Waals surface area contributed by atoms with Gasteiger partial charge in [-0.05, 0) is 30.9 Å². The van der Waals surface area contributed by atoms with E-state index < -0.39 is 36.1 Å². The van der Waals surface area contributed by atoms with Crippen LogP contribution in [0.3, 0.4) is 0 Å². The number of aliphatic imine (C=N–C) groups is 1. The summed E-state index contributed by atoms with van der Waals surface area (Å²) in [5.74, 6) is -2.07. The number of amides is 1. The standard InChI is InChI=1S/C22H26F4N6OS/c1-12-5-2-3-8-32(11-12)20(29-10-16(25)26)15(9-27)30-21(33)18-19(28)34-22(31-18)17-13(23)6-4-7-14(17)24/h4,6-7,9,12,16H,2-3,5,8,10-11,27-28H2,1H3,(H,30,33)/b15-9+,29-20?/t12-/m0/s1. The lowest BCUT2D eigenvalue weighted by Gasteiger charge is -2.28. The fourth-order valence-electron chi connectivity index (χ4n) is 3.71. The largest absolute Gasteiger partial charge is 0.403 e. The smallest absolute Gasteiger partial charge is 0.277 e. The van der Waals surface area contributed by atoms with Gasteiger partial charge in [-0.3, -0.25) is 9.79 Å². The van der Waals surface area contributed by atoms with Crippen LogP contribution < -0.4 is 16.8 Å². The molecule has 1 aliphatic rings. The number of rotatable bonds is 6. The molecule has 5 N–H and O–H groups in total. The summed E-state index contributed by atoms with van der Waals surface area (Å²) in [5, 5.41) is 2.36. The maximum atomic E-state index is 14.1. The summed E-state index contributed by atoms with van der Waals surface area (Å²) in [6.07, 6.45) is 1.19. The summed E-state index contributed by atoms with van der Waals surface area (Å²) >= 11 is 0.748. The number of aromatic nitrogens is 1. The highest BCUT2D eigenvalue weighted by molar-refractivity contribution is 7.19. The molecule has 7 nitrogen and oxygen atoms in total. The number of nitrogens with two attached hydrogens (primary N) is 2. The van der Waals surface area contributed by atoms with Crippen LogP contribution in [-0.4, -0.2) is 47.7 Å². The maximum absolute atomic E-state index is 14.1. The van der Waals surface area contributed by atoms with Crippen molar-refractivity contribution in [1.82, 2.24) is 15.2 Å². The Labute approximate surface area is 198 Å². The molecule has 0 unspecified atom stereocenters. The van der Waals surface area contributed by atoms with E-state index >= 15 is 0 Å². The molecule has 1 aromatic carbocycles. The zero-order valence-electron chi connectivity index (χ0n) is 18.5. The van der Waals surface area contributed by atoms with E-state index in [-0.39, 0.29) is 27.2 Å². The number of halogens is 4. The molecule has 12 heteroatoms. The van der Waals surface area contributed by atoms with Gasteiger partial charge in [-0.15, -0.1) is 0 Å². The zero-order valence-corrected chi connectivity index (χ0v) is 19.3. The third-order valence-corrected chi connectivity index (χ3v) is 6.19. The fraction of sp³-hybridized carbons (Fsp3) is 0.409. The van der Waals surface area contributed by atoms with Gasteiger partial charge in [-0.2, -0.15) is 0 Å². The number of hydrogen-bond donors (Lipinski definition) is 3. The lowest BCUT2D eigenvalue weighted by Crippen LogP contribution is -2.41. The Morgan fingerprint density at radius 3 is 2.71 bits per heavy atom. The van der Waals surface area contributed by atoms with Crippen molar-refractivity contribution in [2.24, 2.45) is 16.6 Å². The molecule has 0 bridgehead atoms. The van der Waals surface area contributed by atoms with Gasteiger partial charge in [-0.25, -0.2) is 22.5 Å². The van der Waals surface area contributed by atoms with Gasteiger partial charge in [0.2, 0.25) is 0 Å². The third-order valence-electron chi connectivity index (χ3n) is 5.29. The van der Waals surface area contributed by atoms with Crippen LogP contribution in [0.5, 0.6) is 0 Å². The average molecular weight is 499 g/mol. The molecule has 1 fully saturated rings. The van der Waals surface area contributed by atoms with E-state index in [1.807, 2.05) is 11.8 Å². The van der Waals surface area contributed by atoms with Crippen LogP contribution in [0.15, 0.2) is 35.1 Å². The van der Waals surface area contributed by atoms with Crippen molar-refractivity contribution in [3.05, 3.63) is 47.4 Å². The van der Waals surface area contributed by atoms with Crippen molar-refractivity contribution < 1.29 is 22.4 Å². The molecule has 34 heavy (non-hydrogen) atoms. The lowest BCUT2D eigenvalue weighted by atomic mass is 10.1. The van der Waals surface area contributed by atoms with E-state index in [1.54, 1.807) is 0 Å². The second kappa shape index (κ2) is 11.3. The van der Waals surface area contributed by atoms with E-state index in [9.17, 15) is 22.4 Å². The van der Waals surface area contributed by atoms with Crippen molar-refractivity contribution in [2.45, 2.75) is 32.6 Å². The molecule has 3 rings (SSSR count). The van der Waals surface area contributed by atoms with Gasteiger partial charge in [0.25, 0.3) is 12.3 Å². The molecule has 0 aliphatic carbocycles. The van der Waals surface area contributed by atoms with E-state index in [1.165, 1.54) is 6.07 Å². The Kier molecular flexibility index (Phi) is 8.48. The van der Waals surface area contributed by atoms with Gasteiger partial charge in [0.1, 0.15) is 34.0 Å². The summed E-state index contributed by atoms with van der Waals surface area (Å²) in [6, 6.07) is 3.35. The quantitative estimate of drug-likeness (QED) is 0.317. The number of nitrogens with zero attached hydrogens (tertiary/aromatic N) is 3. The second-order valence-corrected chi connectivity index (χ2v) is 9.00. The molecule has 1 aliphatic heterocycles. The van der Waals surface area contributed by atoms with Crippen molar-refractivity contribution in [2.75, 3.05) is 25.4 Å². The van der Waals surface area contributed by atoms with Crippen molar-refractivity contribution in [3.8, 4) is 10.6 Å². The number of nitrogens with one attached hydrogen (secondary N) is 1. The zero-order chi connectivity index (χ0) is 24.8. The van der Waals surface area contributed by atoms with Gasteiger partial charge in [0.05, 0.1) is 11.3 Å². The molecule has 1 saturated heterocycles. The summed E-state index contributed by atoms with van der Waals surface area (Å²) in [6.45, 7) is 2.41. The van der Waals surface area contributed by atoms with Crippen molar-refractivity contribution >= 4 is 28.1 Å². The topological polar surface area (TPSA) is 110 Å². The first-order valence-electron chi connectivity index (χ1n) is 10.7. The molecule has 1 amide bonds. The molecule has 1 atom stereocenters. The van der Waals surface area contributed by atoms with Crippen LogP contribution in [0.4, 0.5) is 22.6 Å². The van der Waals surface area contributed by atoms with Crippen LogP contribution in [-0.2, 0) is 0 Å². The Morgan fingerprint density at radius 2 is 2.06 bits per heavy atom. The van der Waals surface area contributed by atoms with E-state index in [2.05, 4.69) is 15.3 Å². The van der Waals surface area contributed by atoms with E-state index in [0.29, 0.717) is 19.0 Å². The van der Waals surface area contributed by atoms with Gasteiger partial charge in [0.15, 0.2) is 5.69 Å². The van der Waals surface area contributed by atoms with Gasteiger partial charge >= 0.3 is 0 Å². The molecule has 0 spiro atoms. The number of hydrogen-bond acceptors (Lipinski definition) is 6. The van der Waals surface area contributed by atoms with Gasteiger partial charge < -0.3 is 21.7 Å². The summed E-state index contributed by atoms with van der Waals surface area (Å²) < 4.78 is 54.2. The number of carbonyl (C=O) groups excluding carboxylic acids is 1. The highest BCUT2D eigenvalue weighted by Crippen LogP contribution is 2.33. The molecule has 2 heterocycles. The maximum Gasteiger partial charge on any atom is 0.277 e. The first kappa shape index (κ1) is 25.5. The number of thiazole rings is 1. The average Bonchev–Trinajstić information content (AvgIpc) is 3.02. The molecule has 184 valence electrons. The number of benzene rings is 1. The van der Waals surface area contributed by atoms with Gasteiger partial charge in [0, 0.05) is 19.3 Å². The van der Waals surface area contributed by atoms with Crippen LogP contribution in [0.1, 0.15) is 36.7 Å². The minimum absolute atomic E-state index is 0.0192. The Balaban J connectivity index is 1.89. The summed E-state index contributed by atoms with van der Waals surface area (Å²) in [5.41, 5.74) is 11.0. The fourth-order valence-corrected chi connectivity index (χ4v) is 4.59. The predicted molar refractivity (Wildman–Crippen MR) is 125 cm³/mol. The number of nitrogen functional groups attached to an aromatic ring is 1. The van der Waals surface area contributed by atoms with Crippen LogP contribution in [0.25, 0.3) is 10.6 Å². The Morgan fingerprint density at radius 1 is 1.35 bits per heavy atom. The number of amidine groups is 1. The predicted octanol–water partition coefficient (Wildman–Crippen LogP) is 3.99. The monoisotopic (exact) mass is 498 g/mol. The number of likely N-dealkylation sites (tertiary alicyclic amines) is 1. The highest BCUT2D eigenvalue weighted by atomic mass is 32.1. The SMILES string of the molecule is C[C@H]1CCCCN(C(=NCC(F)F)/C(=C\N)NC(=O)c2nc(-c3c(F)cccc3F)sc2N)C1. The number of carbonyl (C=O) groups is 1. The molecular formula is C22H26F4N6OS. The van der Waals surface area contributed by atoms with Crippen LogP contribution in [0.2, 0.25) is 0 Å². The molecule has 0 radical (unpaired) electrons. The van der Waals surface area contributed by atoms with Crippen molar-refractivity contribution in [1.29, 1.82) is 0 Å². The summed E-state index contributed by atoms with van der Waals surface area (Å²) in [7, 11) is 0. The third kappa shape index (κ3) is 6.04. The summed E-state index contributed by atoms with van der Waals surface area (Å²) in [4.78, 5) is 22.8. The number of alkyl halides is 2. The Hall–Kier alpha value is -3.15. The van der Waals surface area contributed by atoms with E-state index in [4.69, 9.17) is 11.5 Å². The molecule has 0 saturated carbocycles. The van der Waals surface area contributed by atoms with E-state index in [0.717, 1.165) is 48.9 Å².